The summed E-state index contributed by atoms with van der Waals surface area (Å²) in [6, 6.07) is 7.94. The largest absolute Gasteiger partial charge is 0.350 e. The monoisotopic (exact) mass is 332 g/mol. The van der Waals surface area contributed by atoms with E-state index in [0.717, 1.165) is 0 Å². The van der Waals surface area contributed by atoms with Crippen LogP contribution in [0.25, 0.3) is 10.9 Å². The zero-order valence-electron chi connectivity index (χ0n) is 12.2. The summed E-state index contributed by atoms with van der Waals surface area (Å²) in [5.41, 5.74) is 0.382. The molecule has 0 saturated heterocycles. The number of carbonyl (C=O) groups excluding carboxylic acids is 1. The van der Waals surface area contributed by atoms with Crippen molar-refractivity contribution in [3.8, 4) is 0 Å². The fraction of sp³-hybridized carbons (Fsp3) is 0.214. The summed E-state index contributed by atoms with van der Waals surface area (Å²) >= 11 is 1.43. The van der Waals surface area contributed by atoms with E-state index in [-0.39, 0.29) is 17.1 Å². The Hall–Kier alpha value is -2.55. The number of amides is 1. The molecule has 2 heterocycles. The fourth-order valence-electron chi connectivity index (χ4n) is 1.98. The summed E-state index contributed by atoms with van der Waals surface area (Å²) in [5, 5.41) is 15.2. The minimum atomic E-state index is -0.442. The smallest absolute Gasteiger partial charge is 0.269 e. The Bertz CT molecular complexity index is 852. The third-order valence-electron chi connectivity index (χ3n) is 3.10. The molecule has 0 atom stereocenters. The lowest BCUT2D eigenvalue weighted by molar-refractivity contribution is 0.0951. The van der Waals surface area contributed by atoms with E-state index in [1.54, 1.807) is 36.0 Å². The molecular formula is C14H13FN6OS. The predicted molar refractivity (Wildman–Crippen MR) is 83.6 cm³/mol. The number of nitrogens with one attached hydrogen (secondary N) is 1. The number of aromatic nitrogens is 5. The predicted octanol–water partition coefficient (Wildman–Crippen LogP) is 1.42. The first-order valence-electron chi connectivity index (χ1n) is 6.84. The average Bonchev–Trinajstić information content (AvgIpc) is 2.96. The van der Waals surface area contributed by atoms with Crippen molar-refractivity contribution < 1.29 is 9.18 Å². The van der Waals surface area contributed by atoms with Crippen LogP contribution in [0.4, 0.5) is 4.39 Å². The molecule has 9 heteroatoms. The zero-order chi connectivity index (χ0) is 16.2. The van der Waals surface area contributed by atoms with Crippen LogP contribution in [-0.4, -0.2) is 43.4 Å². The topological polar surface area (TPSA) is 85.6 Å². The van der Waals surface area contributed by atoms with Crippen molar-refractivity contribution in [1.82, 2.24) is 30.5 Å². The van der Waals surface area contributed by atoms with Gasteiger partial charge in [-0.25, -0.2) is 14.1 Å². The lowest BCUT2D eigenvalue weighted by Crippen LogP contribution is -2.26. The number of halogens is 1. The number of benzene rings is 1. The minimum Gasteiger partial charge on any atom is -0.350 e. The fourth-order valence-corrected chi connectivity index (χ4v) is 2.68. The van der Waals surface area contributed by atoms with Gasteiger partial charge in [0.1, 0.15) is 17.0 Å². The highest BCUT2D eigenvalue weighted by molar-refractivity contribution is 7.99. The summed E-state index contributed by atoms with van der Waals surface area (Å²) < 4.78 is 15.3. The number of fused-ring (bicyclic) bond motifs is 1. The molecule has 0 spiro atoms. The van der Waals surface area contributed by atoms with E-state index in [0.29, 0.717) is 22.8 Å². The number of hydrogen-bond acceptors (Lipinski definition) is 6. The van der Waals surface area contributed by atoms with Gasteiger partial charge in [-0.15, -0.1) is 5.10 Å². The van der Waals surface area contributed by atoms with Gasteiger partial charge in [-0.05, 0) is 22.6 Å². The average molecular weight is 332 g/mol. The maximum atomic E-state index is 13.7. The number of pyridine rings is 1. The van der Waals surface area contributed by atoms with Crippen LogP contribution in [0.15, 0.2) is 35.5 Å². The first-order valence-corrected chi connectivity index (χ1v) is 7.82. The van der Waals surface area contributed by atoms with Crippen molar-refractivity contribution >= 4 is 28.6 Å². The Balaban J connectivity index is 1.60. The number of para-hydroxylation sites is 1. The zero-order valence-corrected chi connectivity index (χ0v) is 13.0. The Kier molecular flexibility index (Phi) is 4.47. The summed E-state index contributed by atoms with van der Waals surface area (Å²) in [6.45, 7) is 0.424. The number of tetrazole rings is 1. The lowest BCUT2D eigenvalue weighted by atomic mass is 10.2. The standard InChI is InChI=1S/C14H13FN6OS/c1-21-14(18-19-20-21)23-8-7-16-13(22)11-6-5-9-3-2-4-10(15)12(9)17-11/h2-6H,7-8H2,1H3,(H,16,22). The van der Waals surface area contributed by atoms with Gasteiger partial charge in [0, 0.05) is 24.7 Å². The molecule has 0 radical (unpaired) electrons. The molecule has 0 fully saturated rings. The Morgan fingerprint density at radius 2 is 2.22 bits per heavy atom. The summed E-state index contributed by atoms with van der Waals surface area (Å²) in [5.74, 6) is -0.170. The van der Waals surface area contributed by atoms with Gasteiger partial charge >= 0.3 is 0 Å². The van der Waals surface area contributed by atoms with Gasteiger partial charge in [0.25, 0.3) is 5.91 Å². The highest BCUT2D eigenvalue weighted by Gasteiger charge is 2.10. The van der Waals surface area contributed by atoms with E-state index in [1.807, 2.05) is 0 Å². The van der Waals surface area contributed by atoms with E-state index in [4.69, 9.17) is 0 Å². The number of aryl methyl sites for hydroxylation is 1. The van der Waals surface area contributed by atoms with Crippen LogP contribution >= 0.6 is 11.8 Å². The molecular weight excluding hydrogens is 319 g/mol. The molecule has 1 aromatic carbocycles. The van der Waals surface area contributed by atoms with E-state index < -0.39 is 5.82 Å². The molecule has 0 bridgehead atoms. The number of rotatable bonds is 5. The van der Waals surface area contributed by atoms with Crippen LogP contribution in [-0.2, 0) is 7.05 Å². The van der Waals surface area contributed by atoms with Gasteiger partial charge in [0.15, 0.2) is 0 Å². The first-order chi connectivity index (χ1) is 11.1. The van der Waals surface area contributed by atoms with Gasteiger partial charge in [-0.3, -0.25) is 4.79 Å². The number of nitrogens with zero attached hydrogens (tertiary/aromatic N) is 5. The molecule has 1 N–H and O–H groups in total. The van der Waals surface area contributed by atoms with Crippen LogP contribution in [0, 0.1) is 5.82 Å². The van der Waals surface area contributed by atoms with Crippen molar-refractivity contribution in [2.75, 3.05) is 12.3 Å². The van der Waals surface area contributed by atoms with Crippen LogP contribution in [0.5, 0.6) is 0 Å². The molecule has 0 aliphatic carbocycles. The highest BCUT2D eigenvalue weighted by Crippen LogP contribution is 2.16. The normalized spacial score (nSPS) is 10.9. The van der Waals surface area contributed by atoms with Crippen LogP contribution in [0.2, 0.25) is 0 Å². The van der Waals surface area contributed by atoms with Gasteiger partial charge in [-0.2, -0.15) is 0 Å². The van der Waals surface area contributed by atoms with E-state index >= 15 is 0 Å². The third kappa shape index (κ3) is 3.45. The SMILES string of the molecule is Cn1nnnc1SCCNC(=O)c1ccc2cccc(F)c2n1. The molecule has 2 aromatic heterocycles. The van der Waals surface area contributed by atoms with Gasteiger partial charge < -0.3 is 5.32 Å². The first kappa shape index (κ1) is 15.3. The number of thioether (sulfide) groups is 1. The number of carbonyl (C=O) groups is 1. The van der Waals surface area contributed by atoms with Crippen LogP contribution in [0.1, 0.15) is 10.5 Å². The van der Waals surface area contributed by atoms with Gasteiger partial charge in [0.2, 0.25) is 5.16 Å². The Labute approximate surface area is 135 Å². The Morgan fingerprint density at radius 1 is 1.35 bits per heavy atom. The quantitative estimate of drug-likeness (QED) is 0.562. The van der Waals surface area contributed by atoms with Gasteiger partial charge in [0.05, 0.1) is 0 Å². The molecule has 0 aliphatic heterocycles. The maximum absolute atomic E-state index is 13.7. The molecule has 1 amide bonds. The van der Waals surface area contributed by atoms with Crippen molar-refractivity contribution in [1.29, 1.82) is 0 Å². The second-order valence-electron chi connectivity index (χ2n) is 4.70. The second-order valence-corrected chi connectivity index (χ2v) is 5.76. The van der Waals surface area contributed by atoms with E-state index in [9.17, 15) is 9.18 Å². The lowest BCUT2D eigenvalue weighted by Gasteiger charge is -2.05. The summed E-state index contributed by atoms with van der Waals surface area (Å²) in [6.07, 6.45) is 0. The maximum Gasteiger partial charge on any atom is 0.269 e. The molecule has 7 nitrogen and oxygen atoms in total. The third-order valence-corrected chi connectivity index (χ3v) is 4.12. The van der Waals surface area contributed by atoms with Gasteiger partial charge in [-0.1, -0.05) is 30.0 Å². The second kappa shape index (κ2) is 6.69. The summed E-state index contributed by atoms with van der Waals surface area (Å²) in [7, 11) is 1.74. The molecule has 0 saturated carbocycles. The van der Waals surface area contributed by atoms with Crippen LogP contribution in [0.3, 0.4) is 0 Å². The van der Waals surface area contributed by atoms with E-state index in [2.05, 4.69) is 25.8 Å². The molecule has 23 heavy (non-hydrogen) atoms. The molecule has 0 unspecified atom stereocenters. The molecule has 3 aromatic rings. The van der Waals surface area contributed by atoms with Crippen molar-refractivity contribution in [3.63, 3.8) is 0 Å². The van der Waals surface area contributed by atoms with Crippen molar-refractivity contribution in [2.24, 2.45) is 7.05 Å². The highest BCUT2D eigenvalue weighted by atomic mass is 32.2. The minimum absolute atomic E-state index is 0.188. The Morgan fingerprint density at radius 3 is 3.00 bits per heavy atom. The summed E-state index contributed by atoms with van der Waals surface area (Å²) in [4.78, 5) is 16.2. The van der Waals surface area contributed by atoms with Crippen molar-refractivity contribution in [3.05, 3.63) is 41.8 Å². The van der Waals surface area contributed by atoms with E-state index in [1.165, 1.54) is 17.8 Å². The van der Waals surface area contributed by atoms with Crippen LogP contribution < -0.4 is 5.32 Å². The molecule has 3 rings (SSSR count). The number of hydrogen-bond donors (Lipinski definition) is 1. The molecule has 0 aliphatic rings. The van der Waals surface area contributed by atoms with Crippen molar-refractivity contribution in [2.45, 2.75) is 5.16 Å². The molecule has 118 valence electrons.